The van der Waals surface area contributed by atoms with Crippen LogP contribution in [-0.4, -0.2) is 31.7 Å². The molecule has 1 atom stereocenters. The van der Waals surface area contributed by atoms with Crippen LogP contribution in [0.2, 0.25) is 0 Å². The zero-order valence-corrected chi connectivity index (χ0v) is 14.6. The van der Waals surface area contributed by atoms with Gasteiger partial charge in [0.15, 0.2) is 11.5 Å². The van der Waals surface area contributed by atoms with Crippen LogP contribution in [0.15, 0.2) is 42.5 Å². The second-order valence-electron chi connectivity index (χ2n) is 6.13. The Morgan fingerprint density at radius 1 is 1.27 bits per heavy atom. The molecule has 1 aliphatic rings. The van der Waals surface area contributed by atoms with Crippen LogP contribution in [0.4, 0.5) is 5.69 Å². The van der Waals surface area contributed by atoms with Gasteiger partial charge in [0, 0.05) is 19.2 Å². The van der Waals surface area contributed by atoms with Gasteiger partial charge in [0.05, 0.1) is 5.56 Å². The zero-order valence-electron chi connectivity index (χ0n) is 14.6. The normalized spacial score (nSPS) is 15.2. The Morgan fingerprint density at radius 2 is 2.08 bits per heavy atom. The van der Waals surface area contributed by atoms with Crippen molar-refractivity contribution < 1.29 is 14.3 Å². The summed E-state index contributed by atoms with van der Waals surface area (Å²) in [5, 5.41) is 15.3. The molecule has 1 amide bonds. The zero-order chi connectivity index (χ0) is 18.4. The molecule has 2 aromatic rings. The standard InChI is InChI=1S/C20H21N3O3/c1-14(24)23-17-7-5-15(6-8-17)9-10-22-12-18-13-25-19-4-2-3-16(11-21)20(19)26-18/h2-8,18,22H,9-10,12-13H2,1H3,(H,23,24). The number of hydrogen-bond acceptors (Lipinski definition) is 5. The fourth-order valence-corrected chi connectivity index (χ4v) is 2.78. The van der Waals surface area contributed by atoms with Crippen LogP contribution in [0.1, 0.15) is 18.1 Å². The van der Waals surface area contributed by atoms with E-state index in [0.29, 0.717) is 30.2 Å². The van der Waals surface area contributed by atoms with E-state index in [1.807, 2.05) is 30.3 Å². The largest absolute Gasteiger partial charge is 0.486 e. The predicted molar refractivity (Wildman–Crippen MR) is 98.4 cm³/mol. The quantitative estimate of drug-likeness (QED) is 0.781. The third kappa shape index (κ3) is 4.52. The van der Waals surface area contributed by atoms with Crippen LogP contribution in [0.25, 0.3) is 0 Å². The SMILES string of the molecule is CC(=O)Nc1ccc(CCNCC2COc3cccc(C#N)c3O2)cc1. The molecule has 3 rings (SSSR count). The molecule has 0 radical (unpaired) electrons. The maximum Gasteiger partial charge on any atom is 0.221 e. The lowest BCUT2D eigenvalue weighted by Gasteiger charge is -2.27. The van der Waals surface area contributed by atoms with Crippen molar-refractivity contribution in [3.8, 4) is 17.6 Å². The van der Waals surface area contributed by atoms with E-state index in [4.69, 9.17) is 14.7 Å². The fraction of sp³-hybridized carbons (Fsp3) is 0.300. The molecule has 0 spiro atoms. The molecule has 1 unspecified atom stereocenters. The van der Waals surface area contributed by atoms with Gasteiger partial charge in [0.1, 0.15) is 18.8 Å². The summed E-state index contributed by atoms with van der Waals surface area (Å²) in [7, 11) is 0. The van der Waals surface area contributed by atoms with Gasteiger partial charge in [-0.05, 0) is 42.8 Å². The predicted octanol–water partition coefficient (Wildman–Crippen LogP) is 2.49. The molecule has 2 aromatic carbocycles. The first-order valence-corrected chi connectivity index (χ1v) is 8.55. The van der Waals surface area contributed by atoms with E-state index in [2.05, 4.69) is 16.7 Å². The van der Waals surface area contributed by atoms with Crippen molar-refractivity contribution in [3.05, 3.63) is 53.6 Å². The van der Waals surface area contributed by atoms with E-state index in [1.54, 1.807) is 12.1 Å². The lowest BCUT2D eigenvalue weighted by molar-refractivity contribution is -0.114. The maximum absolute atomic E-state index is 11.0. The molecule has 0 saturated heterocycles. The Morgan fingerprint density at radius 3 is 2.81 bits per heavy atom. The number of nitrogens with zero attached hydrogens (tertiary/aromatic N) is 1. The Kier molecular flexibility index (Phi) is 5.72. The molecule has 0 saturated carbocycles. The summed E-state index contributed by atoms with van der Waals surface area (Å²) in [6.07, 6.45) is 0.743. The van der Waals surface area contributed by atoms with Gasteiger partial charge in [0.2, 0.25) is 5.91 Å². The van der Waals surface area contributed by atoms with Crippen molar-refractivity contribution in [3.63, 3.8) is 0 Å². The summed E-state index contributed by atoms with van der Waals surface area (Å²) in [6, 6.07) is 15.3. The molecular weight excluding hydrogens is 330 g/mol. The molecule has 0 aromatic heterocycles. The van der Waals surface area contributed by atoms with Crippen molar-refractivity contribution in [2.24, 2.45) is 0 Å². The highest BCUT2D eigenvalue weighted by Gasteiger charge is 2.23. The molecule has 0 bridgehead atoms. The fourth-order valence-electron chi connectivity index (χ4n) is 2.78. The van der Waals surface area contributed by atoms with Crippen molar-refractivity contribution in [1.29, 1.82) is 5.26 Å². The number of para-hydroxylation sites is 1. The van der Waals surface area contributed by atoms with Gasteiger partial charge >= 0.3 is 0 Å². The van der Waals surface area contributed by atoms with Gasteiger partial charge in [-0.2, -0.15) is 5.26 Å². The molecule has 6 heteroatoms. The van der Waals surface area contributed by atoms with Gasteiger partial charge in [-0.1, -0.05) is 18.2 Å². The minimum absolute atomic E-state index is 0.0738. The second kappa shape index (κ2) is 8.37. The van der Waals surface area contributed by atoms with Crippen molar-refractivity contribution in [2.75, 3.05) is 25.0 Å². The van der Waals surface area contributed by atoms with E-state index in [9.17, 15) is 4.79 Å². The summed E-state index contributed by atoms with van der Waals surface area (Å²) in [5.74, 6) is 1.08. The molecule has 134 valence electrons. The van der Waals surface area contributed by atoms with Crippen LogP contribution in [0, 0.1) is 11.3 Å². The van der Waals surface area contributed by atoms with Gasteiger partial charge in [-0.25, -0.2) is 0 Å². The highest BCUT2D eigenvalue weighted by atomic mass is 16.6. The van der Waals surface area contributed by atoms with Gasteiger partial charge in [-0.3, -0.25) is 4.79 Å². The summed E-state index contributed by atoms with van der Waals surface area (Å²) in [4.78, 5) is 11.0. The molecule has 1 heterocycles. The third-order valence-electron chi connectivity index (χ3n) is 4.05. The molecule has 26 heavy (non-hydrogen) atoms. The Hall–Kier alpha value is -3.04. The molecule has 2 N–H and O–H groups in total. The molecule has 0 aliphatic carbocycles. The van der Waals surface area contributed by atoms with Crippen LogP contribution >= 0.6 is 0 Å². The van der Waals surface area contributed by atoms with Crippen molar-refractivity contribution in [1.82, 2.24) is 5.32 Å². The highest BCUT2D eigenvalue weighted by molar-refractivity contribution is 5.88. The number of rotatable bonds is 6. The topological polar surface area (TPSA) is 83.4 Å². The van der Waals surface area contributed by atoms with Crippen molar-refractivity contribution >= 4 is 11.6 Å². The van der Waals surface area contributed by atoms with Gasteiger partial charge in [-0.15, -0.1) is 0 Å². The Bertz CT molecular complexity index is 812. The number of nitrogens with one attached hydrogen (secondary N) is 2. The number of anilines is 1. The molecule has 1 aliphatic heterocycles. The second-order valence-corrected chi connectivity index (χ2v) is 6.13. The number of nitriles is 1. The smallest absolute Gasteiger partial charge is 0.221 e. The number of hydrogen-bond donors (Lipinski definition) is 2. The number of ether oxygens (including phenoxy) is 2. The average Bonchev–Trinajstić information content (AvgIpc) is 2.65. The monoisotopic (exact) mass is 351 g/mol. The summed E-state index contributed by atoms with van der Waals surface area (Å²) < 4.78 is 11.6. The summed E-state index contributed by atoms with van der Waals surface area (Å²) >= 11 is 0. The van der Waals surface area contributed by atoms with E-state index in [1.165, 1.54) is 12.5 Å². The Balaban J connectivity index is 1.44. The minimum Gasteiger partial charge on any atom is -0.486 e. The minimum atomic E-state index is -0.126. The van der Waals surface area contributed by atoms with Crippen LogP contribution in [0.5, 0.6) is 11.5 Å². The molecule has 0 fully saturated rings. The maximum atomic E-state index is 11.0. The van der Waals surface area contributed by atoms with E-state index < -0.39 is 0 Å². The lowest BCUT2D eigenvalue weighted by atomic mass is 10.1. The first-order valence-electron chi connectivity index (χ1n) is 8.55. The third-order valence-corrected chi connectivity index (χ3v) is 4.05. The average molecular weight is 351 g/mol. The summed E-state index contributed by atoms with van der Waals surface area (Å²) in [5.41, 5.74) is 2.48. The molecular formula is C20H21N3O3. The van der Waals surface area contributed by atoms with Crippen molar-refractivity contribution in [2.45, 2.75) is 19.4 Å². The summed E-state index contributed by atoms with van der Waals surface area (Å²) in [6.45, 7) is 3.39. The Labute approximate surface area is 152 Å². The number of amides is 1. The number of carbonyl (C=O) groups is 1. The number of benzene rings is 2. The number of carbonyl (C=O) groups excluding carboxylic acids is 1. The van der Waals surface area contributed by atoms with E-state index >= 15 is 0 Å². The lowest BCUT2D eigenvalue weighted by Crippen LogP contribution is -2.39. The van der Waals surface area contributed by atoms with Crippen LogP contribution in [-0.2, 0) is 11.2 Å². The highest BCUT2D eigenvalue weighted by Crippen LogP contribution is 2.34. The van der Waals surface area contributed by atoms with Crippen LogP contribution in [0.3, 0.4) is 0 Å². The van der Waals surface area contributed by atoms with Gasteiger partial charge < -0.3 is 20.1 Å². The van der Waals surface area contributed by atoms with Crippen LogP contribution < -0.4 is 20.1 Å². The van der Waals surface area contributed by atoms with E-state index in [0.717, 1.165) is 18.7 Å². The van der Waals surface area contributed by atoms with Gasteiger partial charge in [0.25, 0.3) is 0 Å². The first-order chi connectivity index (χ1) is 12.7. The molecule has 6 nitrogen and oxygen atoms in total. The first kappa shape index (κ1) is 17.8. The van der Waals surface area contributed by atoms with E-state index in [-0.39, 0.29) is 12.0 Å². The number of fused-ring (bicyclic) bond motifs is 1.